The molecule has 0 fully saturated rings. The number of rotatable bonds is 4. The first-order valence-electron chi connectivity index (χ1n) is 9.22. The Bertz CT molecular complexity index is 1060. The van der Waals surface area contributed by atoms with Gasteiger partial charge in [-0.2, -0.15) is 0 Å². The average molecular weight is 408 g/mol. The van der Waals surface area contributed by atoms with Crippen molar-refractivity contribution >= 4 is 28.9 Å². The van der Waals surface area contributed by atoms with Crippen LogP contribution in [0.1, 0.15) is 13.8 Å². The van der Waals surface area contributed by atoms with E-state index in [0.29, 0.717) is 11.4 Å². The monoisotopic (exact) mass is 408 g/mol. The van der Waals surface area contributed by atoms with E-state index in [1.807, 2.05) is 53.9 Å². The molecule has 0 bridgehead atoms. The number of thiazole rings is 1. The fourth-order valence-corrected chi connectivity index (χ4v) is 4.15. The predicted molar refractivity (Wildman–Crippen MR) is 112 cm³/mol. The van der Waals surface area contributed by atoms with Crippen LogP contribution in [-0.4, -0.2) is 36.1 Å². The first kappa shape index (κ1) is 19.1. The van der Waals surface area contributed by atoms with Crippen molar-refractivity contribution in [2.45, 2.75) is 26.0 Å². The zero-order valence-corrected chi connectivity index (χ0v) is 17.1. The van der Waals surface area contributed by atoms with Crippen molar-refractivity contribution in [2.24, 2.45) is 0 Å². The third-order valence-electron chi connectivity index (χ3n) is 4.86. The van der Waals surface area contributed by atoms with Gasteiger partial charge >= 0.3 is 5.97 Å². The number of methoxy groups -OCH3 is 1. The summed E-state index contributed by atoms with van der Waals surface area (Å²) in [6.07, 6.45) is -0.676. The summed E-state index contributed by atoms with van der Waals surface area (Å²) < 4.78 is 10.6. The van der Waals surface area contributed by atoms with Gasteiger partial charge in [-0.3, -0.25) is 9.69 Å². The molecule has 0 saturated heterocycles. The molecule has 1 aliphatic heterocycles. The number of fused-ring (bicyclic) bond motifs is 1. The molecule has 4 rings (SSSR count). The van der Waals surface area contributed by atoms with Gasteiger partial charge in [-0.25, -0.2) is 9.78 Å². The van der Waals surface area contributed by atoms with Crippen LogP contribution in [0.15, 0.2) is 53.9 Å². The summed E-state index contributed by atoms with van der Waals surface area (Å²) in [6.45, 7) is 3.32. The lowest BCUT2D eigenvalue weighted by atomic mass is 10.1. The largest absolute Gasteiger partial charge is 0.479 e. The lowest BCUT2D eigenvalue weighted by Crippen LogP contribution is -2.51. The normalized spacial score (nSPS) is 16.7. The Labute approximate surface area is 172 Å². The van der Waals surface area contributed by atoms with E-state index in [9.17, 15) is 9.59 Å². The summed E-state index contributed by atoms with van der Waals surface area (Å²) >= 11 is 1.55. The van der Waals surface area contributed by atoms with Crippen LogP contribution in [0.3, 0.4) is 0 Å². The van der Waals surface area contributed by atoms with Crippen LogP contribution >= 0.6 is 11.3 Å². The van der Waals surface area contributed by atoms with E-state index in [-0.39, 0.29) is 5.91 Å². The summed E-state index contributed by atoms with van der Waals surface area (Å²) in [7, 11) is 1.31. The minimum absolute atomic E-state index is 0.282. The Kier molecular flexibility index (Phi) is 5.07. The second-order valence-electron chi connectivity index (χ2n) is 6.75. The molecule has 1 aliphatic rings. The van der Waals surface area contributed by atoms with Crippen LogP contribution in [0.2, 0.25) is 0 Å². The molecule has 2 heterocycles. The van der Waals surface area contributed by atoms with E-state index in [4.69, 9.17) is 14.5 Å². The van der Waals surface area contributed by atoms with Gasteiger partial charge in [0.05, 0.1) is 18.5 Å². The lowest BCUT2D eigenvalue weighted by molar-refractivity contribution is -0.143. The SMILES string of the molecule is COC(=O)C(C)N1C(=O)C(C)Oc2ccc(-c3csc(-c4ccccc4)n3)cc21. The van der Waals surface area contributed by atoms with Gasteiger partial charge in [0.1, 0.15) is 16.8 Å². The maximum Gasteiger partial charge on any atom is 0.328 e. The maximum atomic E-state index is 12.8. The highest BCUT2D eigenvalue weighted by molar-refractivity contribution is 7.13. The fourth-order valence-electron chi connectivity index (χ4n) is 3.32. The van der Waals surface area contributed by atoms with Crippen molar-refractivity contribution in [1.29, 1.82) is 0 Å². The number of carbonyl (C=O) groups is 2. The number of hydrogen-bond acceptors (Lipinski definition) is 6. The smallest absolute Gasteiger partial charge is 0.328 e. The number of aromatic nitrogens is 1. The molecular formula is C22H20N2O4S. The van der Waals surface area contributed by atoms with Crippen LogP contribution < -0.4 is 9.64 Å². The van der Waals surface area contributed by atoms with Gasteiger partial charge < -0.3 is 9.47 Å². The van der Waals surface area contributed by atoms with Gasteiger partial charge in [0.15, 0.2) is 6.10 Å². The molecule has 2 atom stereocenters. The first-order chi connectivity index (χ1) is 14.0. The molecule has 7 heteroatoms. The van der Waals surface area contributed by atoms with Gasteiger partial charge in [0, 0.05) is 16.5 Å². The highest BCUT2D eigenvalue weighted by Gasteiger charge is 2.37. The van der Waals surface area contributed by atoms with Crippen molar-refractivity contribution < 1.29 is 19.1 Å². The third kappa shape index (κ3) is 3.49. The highest BCUT2D eigenvalue weighted by atomic mass is 32.1. The van der Waals surface area contributed by atoms with Crippen LogP contribution in [-0.2, 0) is 14.3 Å². The number of ether oxygens (including phenoxy) is 2. The highest BCUT2D eigenvalue weighted by Crippen LogP contribution is 2.39. The molecule has 148 valence electrons. The van der Waals surface area contributed by atoms with Gasteiger partial charge in [0.25, 0.3) is 5.91 Å². The van der Waals surface area contributed by atoms with E-state index in [1.165, 1.54) is 12.0 Å². The van der Waals surface area contributed by atoms with Gasteiger partial charge in [-0.1, -0.05) is 30.3 Å². The number of amides is 1. The number of benzene rings is 2. The summed E-state index contributed by atoms with van der Waals surface area (Å²) in [4.78, 5) is 31.1. The Hall–Kier alpha value is -3.19. The predicted octanol–water partition coefficient (Wildman–Crippen LogP) is 4.15. The molecule has 0 spiro atoms. The van der Waals surface area contributed by atoms with Crippen molar-refractivity contribution in [2.75, 3.05) is 12.0 Å². The van der Waals surface area contributed by atoms with Crippen LogP contribution in [0.4, 0.5) is 5.69 Å². The Morgan fingerprint density at radius 2 is 1.97 bits per heavy atom. The van der Waals surface area contributed by atoms with E-state index >= 15 is 0 Å². The molecule has 3 aromatic rings. The number of anilines is 1. The minimum Gasteiger partial charge on any atom is -0.479 e. The molecule has 6 nitrogen and oxygen atoms in total. The van der Waals surface area contributed by atoms with E-state index in [0.717, 1.165) is 21.8 Å². The number of esters is 1. The molecule has 0 aliphatic carbocycles. The quantitative estimate of drug-likeness (QED) is 0.607. The Morgan fingerprint density at radius 3 is 2.69 bits per heavy atom. The van der Waals surface area contributed by atoms with Crippen molar-refractivity contribution in [1.82, 2.24) is 4.98 Å². The van der Waals surface area contributed by atoms with Gasteiger partial charge in [-0.05, 0) is 32.0 Å². The van der Waals surface area contributed by atoms with Gasteiger partial charge in [0.2, 0.25) is 0 Å². The Morgan fingerprint density at radius 1 is 1.21 bits per heavy atom. The molecule has 0 saturated carbocycles. The summed E-state index contributed by atoms with van der Waals surface area (Å²) in [6, 6.07) is 14.8. The fraction of sp³-hybridized carbons (Fsp3) is 0.227. The average Bonchev–Trinajstić information content (AvgIpc) is 3.24. The maximum absolute atomic E-state index is 12.8. The zero-order chi connectivity index (χ0) is 20.5. The molecule has 2 unspecified atom stereocenters. The Balaban J connectivity index is 1.74. The van der Waals surface area contributed by atoms with Crippen molar-refractivity contribution in [3.63, 3.8) is 0 Å². The van der Waals surface area contributed by atoms with E-state index in [2.05, 4.69) is 0 Å². The van der Waals surface area contributed by atoms with Crippen LogP contribution in [0.5, 0.6) is 5.75 Å². The molecule has 1 aromatic heterocycles. The van der Waals surface area contributed by atoms with Crippen molar-refractivity contribution in [3.8, 4) is 27.6 Å². The molecule has 0 radical (unpaired) electrons. The van der Waals surface area contributed by atoms with Crippen molar-refractivity contribution in [3.05, 3.63) is 53.9 Å². The van der Waals surface area contributed by atoms with E-state index in [1.54, 1.807) is 25.2 Å². The van der Waals surface area contributed by atoms with E-state index < -0.39 is 18.1 Å². The van der Waals surface area contributed by atoms with Gasteiger partial charge in [-0.15, -0.1) is 11.3 Å². The second-order valence-corrected chi connectivity index (χ2v) is 7.61. The number of carbonyl (C=O) groups excluding carboxylic acids is 2. The molecule has 1 amide bonds. The molecule has 0 N–H and O–H groups in total. The molecule has 29 heavy (non-hydrogen) atoms. The summed E-state index contributed by atoms with van der Waals surface area (Å²) in [5.74, 6) is -0.213. The van der Waals surface area contributed by atoms with Crippen LogP contribution in [0, 0.1) is 0 Å². The standard InChI is InChI=1S/C22H20N2O4S/c1-13(22(26)27-3)24-18-11-16(9-10-19(18)28-14(2)21(24)25)17-12-29-20(23-17)15-7-5-4-6-8-15/h4-14H,1-3H3. The topological polar surface area (TPSA) is 68.7 Å². The summed E-state index contributed by atoms with van der Waals surface area (Å²) in [5.41, 5.74) is 3.23. The minimum atomic E-state index is -0.761. The number of nitrogens with zero attached hydrogens (tertiary/aromatic N) is 2. The van der Waals surface area contributed by atoms with Crippen LogP contribution in [0.25, 0.3) is 21.8 Å². The lowest BCUT2D eigenvalue weighted by Gasteiger charge is -2.35. The molecular weight excluding hydrogens is 388 g/mol. The third-order valence-corrected chi connectivity index (χ3v) is 5.75. The first-order valence-corrected chi connectivity index (χ1v) is 10.1. The number of hydrogen-bond donors (Lipinski definition) is 0. The molecule has 2 aromatic carbocycles. The second kappa shape index (κ2) is 7.67. The zero-order valence-electron chi connectivity index (χ0n) is 16.3. The summed E-state index contributed by atoms with van der Waals surface area (Å²) in [5, 5.41) is 2.89.